The van der Waals surface area contributed by atoms with Crippen LogP contribution in [0.1, 0.15) is 90.0 Å². The minimum atomic E-state index is -0.928. The molecule has 3 heteroatoms. The van der Waals surface area contributed by atoms with Crippen LogP contribution in [0.3, 0.4) is 0 Å². The molecule has 0 unspecified atom stereocenters. The van der Waals surface area contributed by atoms with Gasteiger partial charge in [0.1, 0.15) is 0 Å². The summed E-state index contributed by atoms with van der Waals surface area (Å²) >= 11 is 0. The van der Waals surface area contributed by atoms with Gasteiger partial charge in [-0.25, -0.2) is 4.39 Å². The van der Waals surface area contributed by atoms with E-state index in [0.29, 0.717) is 12.2 Å². The van der Waals surface area contributed by atoms with Gasteiger partial charge in [-0.15, -0.1) is 0 Å². The van der Waals surface area contributed by atoms with Crippen molar-refractivity contribution in [2.75, 3.05) is 6.61 Å². The van der Waals surface area contributed by atoms with E-state index in [1.807, 2.05) is 31.2 Å². The van der Waals surface area contributed by atoms with Crippen molar-refractivity contribution in [2.24, 2.45) is 0 Å². The van der Waals surface area contributed by atoms with Crippen molar-refractivity contribution in [2.45, 2.75) is 90.9 Å². The number of hydrogen-bond donors (Lipinski definition) is 0. The molecular weight excluding hydrogens is 450 g/mol. The Balaban J connectivity index is 1.47. The number of halogens is 2. The number of ether oxygens (including phenoxy) is 1. The van der Waals surface area contributed by atoms with Gasteiger partial charge >= 0.3 is 0 Å². The van der Waals surface area contributed by atoms with Gasteiger partial charge in [-0.05, 0) is 53.6 Å². The predicted octanol–water partition coefficient (Wildman–Crippen LogP) is 10.6. The molecule has 0 saturated heterocycles. The molecular formula is C33H42F2O. The van der Waals surface area contributed by atoms with E-state index in [0.717, 1.165) is 24.0 Å². The topological polar surface area (TPSA) is 9.23 Å². The van der Waals surface area contributed by atoms with E-state index in [2.05, 4.69) is 31.2 Å². The lowest BCUT2D eigenvalue weighted by atomic mass is 9.98. The lowest BCUT2D eigenvalue weighted by Crippen LogP contribution is -2.00. The van der Waals surface area contributed by atoms with Gasteiger partial charge in [0.25, 0.3) is 0 Å². The minimum absolute atomic E-state index is 0.0346. The van der Waals surface area contributed by atoms with Crippen molar-refractivity contribution in [3.8, 4) is 28.0 Å². The Hall–Kier alpha value is -2.68. The van der Waals surface area contributed by atoms with Crippen LogP contribution in [-0.4, -0.2) is 6.61 Å². The normalized spacial score (nSPS) is 11.1. The number of unbranched alkanes of at least 4 members (excludes halogenated alkanes) is 9. The fraction of sp³-hybridized carbons (Fsp3) is 0.455. The molecule has 194 valence electrons. The van der Waals surface area contributed by atoms with E-state index < -0.39 is 11.6 Å². The third-order valence-corrected chi connectivity index (χ3v) is 6.81. The van der Waals surface area contributed by atoms with Gasteiger partial charge in [0.2, 0.25) is 5.82 Å². The average Bonchev–Trinajstić information content (AvgIpc) is 2.91. The van der Waals surface area contributed by atoms with Crippen LogP contribution < -0.4 is 4.74 Å². The fourth-order valence-corrected chi connectivity index (χ4v) is 4.60. The number of aryl methyl sites for hydroxylation is 1. The van der Waals surface area contributed by atoms with Crippen LogP contribution in [0, 0.1) is 11.6 Å². The quantitative estimate of drug-likeness (QED) is 0.181. The molecule has 3 aromatic carbocycles. The van der Waals surface area contributed by atoms with E-state index in [9.17, 15) is 8.78 Å². The molecule has 36 heavy (non-hydrogen) atoms. The highest BCUT2D eigenvalue weighted by atomic mass is 19.2. The maximum Gasteiger partial charge on any atom is 0.201 e. The van der Waals surface area contributed by atoms with Crippen LogP contribution in [0.2, 0.25) is 0 Å². The summed E-state index contributed by atoms with van der Waals surface area (Å²) in [5.41, 5.74) is 4.46. The highest BCUT2D eigenvalue weighted by Crippen LogP contribution is 2.31. The van der Waals surface area contributed by atoms with Crippen molar-refractivity contribution >= 4 is 0 Å². The Morgan fingerprint density at radius 2 is 1.06 bits per heavy atom. The summed E-state index contributed by atoms with van der Waals surface area (Å²) in [6, 6.07) is 19.4. The Kier molecular flexibility index (Phi) is 12.0. The van der Waals surface area contributed by atoms with Crippen LogP contribution in [0.15, 0.2) is 60.7 Å². The third kappa shape index (κ3) is 8.47. The summed E-state index contributed by atoms with van der Waals surface area (Å²) < 4.78 is 34.3. The summed E-state index contributed by atoms with van der Waals surface area (Å²) in [6.45, 7) is 4.56. The van der Waals surface area contributed by atoms with Gasteiger partial charge in [-0.3, -0.25) is 0 Å². The standard InChI is InChI=1S/C33H42F2O/c1-3-5-6-7-8-9-10-11-12-13-14-26-15-17-27(18-16-26)28-19-21-29(22-20-28)30-23-24-31(36-25-4-2)33(35)32(30)34/h15-24H,3-14,25H2,1-2H3. The fourth-order valence-electron chi connectivity index (χ4n) is 4.60. The molecule has 0 heterocycles. The van der Waals surface area contributed by atoms with Crippen molar-refractivity contribution in [3.63, 3.8) is 0 Å². The van der Waals surface area contributed by atoms with Crippen LogP contribution >= 0.6 is 0 Å². The van der Waals surface area contributed by atoms with Gasteiger partial charge in [-0.1, -0.05) is 120 Å². The number of hydrogen-bond acceptors (Lipinski definition) is 1. The summed E-state index contributed by atoms with van der Waals surface area (Å²) in [4.78, 5) is 0. The Bertz CT molecular complexity index is 1020. The highest BCUT2D eigenvalue weighted by molar-refractivity contribution is 5.71. The Labute approximate surface area is 216 Å². The molecule has 0 spiro atoms. The second-order valence-corrected chi connectivity index (χ2v) is 9.79. The highest BCUT2D eigenvalue weighted by Gasteiger charge is 2.15. The molecule has 3 aromatic rings. The lowest BCUT2D eigenvalue weighted by molar-refractivity contribution is 0.295. The molecule has 0 bridgehead atoms. The summed E-state index contributed by atoms with van der Waals surface area (Å²) in [5.74, 6) is -1.83. The molecule has 0 aliphatic carbocycles. The molecule has 3 rings (SSSR count). The maximum atomic E-state index is 14.6. The second-order valence-electron chi connectivity index (χ2n) is 9.79. The van der Waals surface area contributed by atoms with Gasteiger partial charge in [-0.2, -0.15) is 4.39 Å². The second kappa shape index (κ2) is 15.4. The van der Waals surface area contributed by atoms with Gasteiger partial charge in [0.15, 0.2) is 11.6 Å². The molecule has 0 aliphatic heterocycles. The van der Waals surface area contributed by atoms with Crippen molar-refractivity contribution in [3.05, 3.63) is 77.9 Å². The lowest BCUT2D eigenvalue weighted by Gasteiger charge is -2.11. The van der Waals surface area contributed by atoms with Gasteiger partial charge in [0.05, 0.1) is 6.61 Å². The van der Waals surface area contributed by atoms with Gasteiger partial charge < -0.3 is 4.74 Å². The Morgan fingerprint density at radius 3 is 1.64 bits per heavy atom. The monoisotopic (exact) mass is 492 g/mol. The van der Waals surface area contributed by atoms with Crippen LogP contribution in [0.5, 0.6) is 5.75 Å². The third-order valence-electron chi connectivity index (χ3n) is 6.81. The Morgan fingerprint density at radius 1 is 0.528 bits per heavy atom. The number of benzene rings is 3. The van der Waals surface area contributed by atoms with E-state index in [1.165, 1.54) is 75.8 Å². The van der Waals surface area contributed by atoms with Crippen molar-refractivity contribution in [1.29, 1.82) is 0 Å². The summed E-state index contributed by atoms with van der Waals surface area (Å²) in [7, 11) is 0. The molecule has 0 N–H and O–H groups in total. The first-order chi connectivity index (χ1) is 17.6. The smallest absolute Gasteiger partial charge is 0.201 e. The largest absolute Gasteiger partial charge is 0.490 e. The molecule has 0 saturated carbocycles. The average molecular weight is 493 g/mol. The predicted molar refractivity (Wildman–Crippen MR) is 149 cm³/mol. The first-order valence-corrected chi connectivity index (χ1v) is 13.9. The molecule has 0 aliphatic rings. The zero-order valence-corrected chi connectivity index (χ0v) is 22.1. The van der Waals surface area contributed by atoms with E-state index >= 15 is 0 Å². The summed E-state index contributed by atoms with van der Waals surface area (Å²) in [6.07, 6.45) is 15.4. The number of rotatable bonds is 16. The van der Waals surface area contributed by atoms with Crippen molar-refractivity contribution in [1.82, 2.24) is 0 Å². The molecule has 1 nitrogen and oxygen atoms in total. The first kappa shape index (κ1) is 27.9. The molecule has 0 radical (unpaired) electrons. The maximum absolute atomic E-state index is 14.6. The SMILES string of the molecule is CCCCCCCCCCCCc1ccc(-c2ccc(-c3ccc(OCCC)c(F)c3F)cc2)cc1. The van der Waals surface area contributed by atoms with Gasteiger partial charge in [0, 0.05) is 5.56 Å². The van der Waals surface area contributed by atoms with Crippen LogP contribution in [-0.2, 0) is 6.42 Å². The van der Waals surface area contributed by atoms with Crippen LogP contribution in [0.4, 0.5) is 8.78 Å². The zero-order chi connectivity index (χ0) is 25.6. The van der Waals surface area contributed by atoms with E-state index in [-0.39, 0.29) is 11.3 Å². The molecule has 0 aromatic heterocycles. The minimum Gasteiger partial charge on any atom is -0.490 e. The van der Waals surface area contributed by atoms with Crippen molar-refractivity contribution < 1.29 is 13.5 Å². The van der Waals surface area contributed by atoms with Crippen LogP contribution in [0.25, 0.3) is 22.3 Å². The summed E-state index contributed by atoms with van der Waals surface area (Å²) in [5, 5.41) is 0. The molecule has 0 fully saturated rings. The first-order valence-electron chi connectivity index (χ1n) is 13.9. The molecule has 0 amide bonds. The zero-order valence-electron chi connectivity index (χ0n) is 22.1. The van der Waals surface area contributed by atoms with E-state index in [4.69, 9.17) is 4.74 Å². The molecule has 0 atom stereocenters. The van der Waals surface area contributed by atoms with E-state index in [1.54, 1.807) is 6.07 Å².